The van der Waals surface area contributed by atoms with E-state index in [4.69, 9.17) is 5.26 Å². The molecular formula is C14H17F3N4. The average molecular weight is 298 g/mol. The first-order valence-corrected chi connectivity index (χ1v) is 6.87. The molecule has 1 aliphatic heterocycles. The fraction of sp³-hybridized carbons (Fsp3) is 0.571. The van der Waals surface area contributed by atoms with Crippen LogP contribution in [-0.4, -0.2) is 31.2 Å². The van der Waals surface area contributed by atoms with Crippen LogP contribution in [0.25, 0.3) is 0 Å². The number of nitrogens with one attached hydrogen (secondary N) is 1. The van der Waals surface area contributed by atoms with Gasteiger partial charge in [0.25, 0.3) is 0 Å². The summed E-state index contributed by atoms with van der Waals surface area (Å²) in [5.41, 5.74) is -0.767. The molecule has 1 fully saturated rings. The highest BCUT2D eigenvalue weighted by atomic mass is 19.4. The van der Waals surface area contributed by atoms with Gasteiger partial charge in [-0.2, -0.15) is 18.4 Å². The third-order valence-corrected chi connectivity index (χ3v) is 3.62. The van der Waals surface area contributed by atoms with Gasteiger partial charge in [0.1, 0.15) is 17.6 Å². The smallest absolute Gasteiger partial charge is 0.351 e. The van der Waals surface area contributed by atoms with Crippen LogP contribution in [0.15, 0.2) is 12.1 Å². The van der Waals surface area contributed by atoms with Crippen LogP contribution in [0.4, 0.5) is 19.0 Å². The molecule has 1 N–H and O–H groups in total. The first-order valence-electron chi connectivity index (χ1n) is 6.87. The van der Waals surface area contributed by atoms with Gasteiger partial charge in [0.2, 0.25) is 0 Å². The van der Waals surface area contributed by atoms with E-state index >= 15 is 0 Å². The van der Waals surface area contributed by atoms with E-state index < -0.39 is 11.9 Å². The summed E-state index contributed by atoms with van der Waals surface area (Å²) < 4.78 is 38.5. The number of nitrogens with zero attached hydrogens (tertiary/aromatic N) is 3. The second kappa shape index (κ2) is 6.31. The van der Waals surface area contributed by atoms with E-state index in [2.05, 4.69) is 10.3 Å². The topological polar surface area (TPSA) is 52.0 Å². The monoisotopic (exact) mass is 298 g/mol. The van der Waals surface area contributed by atoms with Gasteiger partial charge in [-0.05, 0) is 38.4 Å². The normalized spacial score (nSPS) is 19.4. The summed E-state index contributed by atoms with van der Waals surface area (Å²) in [7, 11) is 1.80. The number of piperidine rings is 1. The number of pyridine rings is 1. The van der Waals surface area contributed by atoms with Crippen molar-refractivity contribution in [3.05, 3.63) is 23.4 Å². The van der Waals surface area contributed by atoms with Crippen molar-refractivity contribution < 1.29 is 13.2 Å². The molecule has 7 heteroatoms. The molecule has 0 aliphatic carbocycles. The maximum atomic E-state index is 12.8. The summed E-state index contributed by atoms with van der Waals surface area (Å²) in [6.45, 7) is 1.28. The van der Waals surface area contributed by atoms with Crippen molar-refractivity contribution >= 4 is 5.82 Å². The van der Waals surface area contributed by atoms with Crippen molar-refractivity contribution in [3.8, 4) is 6.07 Å². The summed E-state index contributed by atoms with van der Waals surface area (Å²) in [4.78, 5) is 5.55. The summed E-state index contributed by atoms with van der Waals surface area (Å²) in [5.74, 6) is 0.146. The first kappa shape index (κ1) is 15.6. The Balaban J connectivity index is 2.42. The molecule has 1 unspecified atom stereocenters. The van der Waals surface area contributed by atoms with Crippen molar-refractivity contribution in [3.63, 3.8) is 0 Å². The Morgan fingerprint density at radius 3 is 2.81 bits per heavy atom. The fourth-order valence-electron chi connectivity index (χ4n) is 2.64. The molecule has 0 radical (unpaired) electrons. The predicted molar refractivity (Wildman–Crippen MR) is 72.9 cm³/mol. The average Bonchev–Trinajstić information content (AvgIpc) is 2.46. The van der Waals surface area contributed by atoms with E-state index in [1.165, 1.54) is 6.07 Å². The van der Waals surface area contributed by atoms with Crippen LogP contribution in [0.2, 0.25) is 0 Å². The molecule has 0 aromatic carbocycles. The van der Waals surface area contributed by atoms with Crippen LogP contribution in [0, 0.1) is 11.3 Å². The Labute approximate surface area is 121 Å². The Morgan fingerprint density at radius 2 is 2.19 bits per heavy atom. The molecule has 4 nitrogen and oxygen atoms in total. The maximum absolute atomic E-state index is 12.8. The van der Waals surface area contributed by atoms with Crippen LogP contribution in [0.1, 0.15) is 30.5 Å². The van der Waals surface area contributed by atoms with Gasteiger partial charge in [-0.25, -0.2) is 4.98 Å². The zero-order valence-corrected chi connectivity index (χ0v) is 11.7. The zero-order chi connectivity index (χ0) is 15.5. The van der Waals surface area contributed by atoms with Gasteiger partial charge in [0.15, 0.2) is 0 Å². The van der Waals surface area contributed by atoms with Crippen molar-refractivity contribution in [2.45, 2.75) is 31.5 Å². The van der Waals surface area contributed by atoms with Crippen molar-refractivity contribution in [2.24, 2.45) is 0 Å². The highest BCUT2D eigenvalue weighted by Crippen LogP contribution is 2.32. The summed E-state index contributed by atoms with van der Waals surface area (Å²) in [6.07, 6.45) is -1.70. The highest BCUT2D eigenvalue weighted by Gasteiger charge is 2.34. The maximum Gasteiger partial charge on any atom is 0.433 e. The van der Waals surface area contributed by atoms with E-state index in [-0.39, 0.29) is 17.4 Å². The molecule has 2 rings (SSSR count). The number of aromatic nitrogens is 1. The molecule has 0 spiro atoms. The second-order valence-corrected chi connectivity index (χ2v) is 5.08. The summed E-state index contributed by atoms with van der Waals surface area (Å²) in [6, 6.07) is 4.07. The third kappa shape index (κ3) is 3.45. The fourth-order valence-corrected chi connectivity index (χ4v) is 2.64. The SMILES string of the molecule is CNCC1CCCCN1c1nc(C(F)(F)F)ccc1C#N. The number of halogens is 3. The van der Waals surface area contributed by atoms with Crippen molar-refractivity contribution in [1.82, 2.24) is 10.3 Å². The lowest BCUT2D eigenvalue weighted by Crippen LogP contribution is -2.45. The molecule has 114 valence electrons. The second-order valence-electron chi connectivity index (χ2n) is 5.08. The van der Waals surface area contributed by atoms with E-state index in [9.17, 15) is 13.2 Å². The molecule has 21 heavy (non-hydrogen) atoms. The Bertz CT molecular complexity index is 534. The van der Waals surface area contributed by atoms with E-state index in [0.29, 0.717) is 13.1 Å². The highest BCUT2D eigenvalue weighted by molar-refractivity contribution is 5.55. The molecule has 2 heterocycles. The van der Waals surface area contributed by atoms with Crippen LogP contribution in [-0.2, 0) is 6.18 Å². The van der Waals surface area contributed by atoms with Crippen LogP contribution in [0.3, 0.4) is 0 Å². The largest absolute Gasteiger partial charge is 0.433 e. The molecular weight excluding hydrogens is 281 g/mol. The standard InChI is InChI=1S/C14H17F3N4/c1-19-9-11-4-2-3-7-21(11)13-10(8-18)5-6-12(20-13)14(15,16)17/h5-6,11,19H,2-4,7,9H2,1H3. The molecule has 1 aromatic heterocycles. The molecule has 1 atom stereocenters. The van der Waals surface area contributed by atoms with E-state index in [0.717, 1.165) is 25.3 Å². The number of nitriles is 1. The minimum Gasteiger partial charge on any atom is -0.351 e. The number of rotatable bonds is 3. The molecule has 0 bridgehead atoms. The van der Waals surface area contributed by atoms with Crippen LogP contribution >= 0.6 is 0 Å². The van der Waals surface area contributed by atoms with Gasteiger partial charge in [0, 0.05) is 19.1 Å². The summed E-state index contributed by atoms with van der Waals surface area (Å²) in [5, 5.41) is 12.2. The number of anilines is 1. The molecule has 1 aromatic rings. The van der Waals surface area contributed by atoms with Gasteiger partial charge >= 0.3 is 6.18 Å². The lowest BCUT2D eigenvalue weighted by molar-refractivity contribution is -0.141. The lowest BCUT2D eigenvalue weighted by atomic mass is 10.0. The molecule has 1 aliphatic rings. The quantitative estimate of drug-likeness (QED) is 0.932. The van der Waals surface area contributed by atoms with Gasteiger partial charge in [0.05, 0.1) is 5.56 Å². The number of likely N-dealkylation sites (N-methyl/N-ethyl adjacent to an activating group) is 1. The van der Waals surface area contributed by atoms with Gasteiger partial charge in [-0.1, -0.05) is 0 Å². The van der Waals surface area contributed by atoms with E-state index in [1.54, 1.807) is 7.05 Å². The van der Waals surface area contributed by atoms with Crippen molar-refractivity contribution in [2.75, 3.05) is 25.0 Å². The van der Waals surface area contributed by atoms with Gasteiger partial charge in [-0.3, -0.25) is 0 Å². The van der Waals surface area contributed by atoms with Crippen molar-refractivity contribution in [1.29, 1.82) is 5.26 Å². The van der Waals surface area contributed by atoms with Crippen LogP contribution < -0.4 is 10.2 Å². The van der Waals surface area contributed by atoms with Crippen LogP contribution in [0.5, 0.6) is 0 Å². The number of alkyl halides is 3. The Kier molecular flexibility index (Phi) is 4.68. The zero-order valence-electron chi connectivity index (χ0n) is 11.7. The number of hydrogen-bond donors (Lipinski definition) is 1. The minimum absolute atomic E-state index is 0.0619. The van der Waals surface area contributed by atoms with Gasteiger partial charge in [-0.15, -0.1) is 0 Å². The lowest BCUT2D eigenvalue weighted by Gasteiger charge is -2.37. The number of hydrogen-bond acceptors (Lipinski definition) is 4. The first-order chi connectivity index (χ1) is 9.97. The molecule has 1 saturated heterocycles. The Morgan fingerprint density at radius 1 is 1.43 bits per heavy atom. The third-order valence-electron chi connectivity index (χ3n) is 3.62. The minimum atomic E-state index is -4.50. The molecule has 0 saturated carbocycles. The predicted octanol–water partition coefficient (Wildman–Crippen LogP) is 2.55. The molecule has 0 amide bonds. The van der Waals surface area contributed by atoms with E-state index in [1.807, 2.05) is 11.0 Å². The van der Waals surface area contributed by atoms with Gasteiger partial charge < -0.3 is 10.2 Å². The Hall–Kier alpha value is -1.81. The summed E-state index contributed by atoms with van der Waals surface area (Å²) >= 11 is 0.